The first kappa shape index (κ1) is 24.0. The number of para-hydroxylation sites is 1. The number of hydrogen-bond acceptors (Lipinski definition) is 5. The summed E-state index contributed by atoms with van der Waals surface area (Å²) in [5.41, 5.74) is 0.593. The number of carbonyl (C=O) groups excluding carboxylic acids is 2. The van der Waals surface area contributed by atoms with E-state index in [1.165, 1.54) is 18.4 Å². The van der Waals surface area contributed by atoms with Gasteiger partial charge in [-0.3, -0.25) is 13.9 Å². The van der Waals surface area contributed by atoms with Crippen LogP contribution < -0.4 is 14.9 Å². The van der Waals surface area contributed by atoms with E-state index in [1.807, 2.05) is 0 Å². The molecule has 1 heterocycles. The summed E-state index contributed by atoms with van der Waals surface area (Å²) in [5, 5.41) is 5.38. The van der Waals surface area contributed by atoms with Crippen molar-refractivity contribution in [3.05, 3.63) is 84.1 Å². The molecule has 10 heteroatoms. The molecule has 8 nitrogen and oxygen atoms in total. The SMILES string of the molecule is CC[C@H](C(=O)Nc1ccccc1C(=O)NCc1ccco1)N(c1ccc(F)cc1)S(C)(=O)=O. The van der Waals surface area contributed by atoms with Gasteiger partial charge < -0.3 is 15.1 Å². The minimum absolute atomic E-state index is 0.142. The lowest BCUT2D eigenvalue weighted by Crippen LogP contribution is -2.47. The van der Waals surface area contributed by atoms with Gasteiger partial charge in [-0.05, 0) is 55.0 Å². The Morgan fingerprint density at radius 3 is 2.36 bits per heavy atom. The van der Waals surface area contributed by atoms with Crippen molar-refractivity contribution in [3.63, 3.8) is 0 Å². The normalized spacial score (nSPS) is 12.1. The van der Waals surface area contributed by atoms with Gasteiger partial charge in [0, 0.05) is 0 Å². The number of benzene rings is 2. The van der Waals surface area contributed by atoms with Gasteiger partial charge in [0.05, 0.1) is 36.0 Å². The fourth-order valence-electron chi connectivity index (χ4n) is 3.33. The summed E-state index contributed by atoms with van der Waals surface area (Å²) < 4.78 is 44.6. The molecule has 1 aromatic heterocycles. The van der Waals surface area contributed by atoms with Gasteiger partial charge in [0.15, 0.2) is 0 Å². The maximum atomic E-state index is 13.4. The standard InChI is InChI=1S/C23H24FN3O5S/c1-3-21(27(33(2,30)31)17-12-10-16(24)11-13-17)23(29)26-20-9-5-4-8-19(20)22(28)25-15-18-7-6-14-32-18/h4-14,21H,3,15H2,1-2H3,(H,25,28)(H,26,29)/t21-/m1/s1. The fourth-order valence-corrected chi connectivity index (χ4v) is 4.54. The Morgan fingerprint density at radius 2 is 1.76 bits per heavy atom. The Balaban J connectivity index is 1.84. The van der Waals surface area contributed by atoms with E-state index in [1.54, 1.807) is 43.3 Å². The Labute approximate surface area is 191 Å². The van der Waals surface area contributed by atoms with Crippen LogP contribution in [0.1, 0.15) is 29.5 Å². The van der Waals surface area contributed by atoms with E-state index in [0.717, 1.165) is 22.7 Å². The number of anilines is 2. The molecule has 0 aliphatic rings. The second-order valence-electron chi connectivity index (χ2n) is 7.26. The molecule has 174 valence electrons. The van der Waals surface area contributed by atoms with Gasteiger partial charge >= 0.3 is 0 Å². The molecule has 0 fully saturated rings. The first-order valence-electron chi connectivity index (χ1n) is 10.2. The van der Waals surface area contributed by atoms with Crippen LogP contribution in [0.3, 0.4) is 0 Å². The lowest BCUT2D eigenvalue weighted by Gasteiger charge is -2.30. The lowest BCUT2D eigenvalue weighted by molar-refractivity contribution is -0.117. The summed E-state index contributed by atoms with van der Waals surface area (Å²) in [5.74, 6) is -1.02. The minimum atomic E-state index is -3.88. The molecule has 0 aliphatic heterocycles. The predicted molar refractivity (Wildman–Crippen MR) is 123 cm³/mol. The van der Waals surface area contributed by atoms with E-state index >= 15 is 0 Å². The zero-order valence-corrected chi connectivity index (χ0v) is 18.9. The molecule has 0 saturated heterocycles. The van der Waals surface area contributed by atoms with Gasteiger partial charge in [-0.2, -0.15) is 0 Å². The van der Waals surface area contributed by atoms with Crippen molar-refractivity contribution in [1.29, 1.82) is 0 Å². The van der Waals surface area contributed by atoms with E-state index in [-0.39, 0.29) is 29.9 Å². The third kappa shape index (κ3) is 5.98. The third-order valence-corrected chi connectivity index (χ3v) is 6.02. The smallest absolute Gasteiger partial charge is 0.253 e. The highest BCUT2D eigenvalue weighted by Crippen LogP contribution is 2.24. The molecule has 2 aromatic carbocycles. The second-order valence-corrected chi connectivity index (χ2v) is 9.12. The summed E-state index contributed by atoms with van der Waals surface area (Å²) >= 11 is 0. The fraction of sp³-hybridized carbons (Fsp3) is 0.217. The largest absolute Gasteiger partial charge is 0.467 e. The highest BCUT2D eigenvalue weighted by Gasteiger charge is 2.32. The van der Waals surface area contributed by atoms with Gasteiger partial charge in [0.2, 0.25) is 15.9 Å². The molecule has 1 atom stereocenters. The summed E-state index contributed by atoms with van der Waals surface area (Å²) in [7, 11) is -3.88. The molecule has 2 N–H and O–H groups in total. The van der Waals surface area contributed by atoms with Gasteiger partial charge in [0.1, 0.15) is 17.6 Å². The quantitative estimate of drug-likeness (QED) is 0.494. The average Bonchev–Trinajstić information content (AvgIpc) is 3.30. The monoisotopic (exact) mass is 473 g/mol. The van der Waals surface area contributed by atoms with Crippen molar-refractivity contribution < 1.29 is 26.8 Å². The van der Waals surface area contributed by atoms with Crippen molar-refractivity contribution in [2.75, 3.05) is 15.9 Å². The zero-order chi connectivity index (χ0) is 24.0. The Morgan fingerprint density at radius 1 is 1.06 bits per heavy atom. The van der Waals surface area contributed by atoms with E-state index in [2.05, 4.69) is 10.6 Å². The van der Waals surface area contributed by atoms with Crippen LogP contribution in [0.4, 0.5) is 15.8 Å². The molecule has 0 saturated carbocycles. The van der Waals surface area contributed by atoms with Crippen LogP contribution >= 0.6 is 0 Å². The molecule has 0 bridgehead atoms. The number of nitrogens with zero attached hydrogens (tertiary/aromatic N) is 1. The maximum Gasteiger partial charge on any atom is 0.253 e. The van der Waals surface area contributed by atoms with E-state index in [0.29, 0.717) is 5.76 Å². The third-order valence-electron chi connectivity index (χ3n) is 4.84. The van der Waals surface area contributed by atoms with Crippen LogP contribution in [0.2, 0.25) is 0 Å². The average molecular weight is 474 g/mol. The van der Waals surface area contributed by atoms with Crippen molar-refractivity contribution in [2.45, 2.75) is 25.9 Å². The number of amides is 2. The van der Waals surface area contributed by atoms with Crippen molar-refractivity contribution in [3.8, 4) is 0 Å². The van der Waals surface area contributed by atoms with E-state index in [4.69, 9.17) is 4.42 Å². The Kier molecular flexibility index (Phi) is 7.49. The van der Waals surface area contributed by atoms with Crippen LogP contribution in [-0.2, 0) is 21.4 Å². The van der Waals surface area contributed by atoms with Gasteiger partial charge in [-0.15, -0.1) is 0 Å². The Bertz CT molecular complexity index is 1210. The topological polar surface area (TPSA) is 109 Å². The van der Waals surface area contributed by atoms with Crippen LogP contribution in [0.15, 0.2) is 71.3 Å². The lowest BCUT2D eigenvalue weighted by atomic mass is 10.1. The first-order chi connectivity index (χ1) is 15.7. The molecule has 0 spiro atoms. The van der Waals surface area contributed by atoms with Crippen LogP contribution in [0, 0.1) is 5.82 Å². The van der Waals surface area contributed by atoms with Gasteiger partial charge in [0.25, 0.3) is 5.91 Å². The molecule has 2 amide bonds. The highest BCUT2D eigenvalue weighted by molar-refractivity contribution is 7.92. The van der Waals surface area contributed by atoms with Gasteiger partial charge in [-0.25, -0.2) is 12.8 Å². The number of rotatable bonds is 9. The summed E-state index contributed by atoms with van der Waals surface area (Å²) in [6, 6.07) is 13.5. The summed E-state index contributed by atoms with van der Waals surface area (Å²) in [4.78, 5) is 25.8. The Hall–Kier alpha value is -3.66. The number of halogens is 1. The predicted octanol–water partition coefficient (Wildman–Crippen LogP) is 3.53. The molecule has 0 aliphatic carbocycles. The maximum absolute atomic E-state index is 13.4. The van der Waals surface area contributed by atoms with Crippen LogP contribution in [-0.4, -0.2) is 32.5 Å². The zero-order valence-electron chi connectivity index (χ0n) is 18.1. The summed E-state index contributed by atoms with van der Waals surface area (Å²) in [6.45, 7) is 1.83. The minimum Gasteiger partial charge on any atom is -0.467 e. The molecular weight excluding hydrogens is 449 g/mol. The van der Waals surface area contributed by atoms with Crippen molar-refractivity contribution in [2.24, 2.45) is 0 Å². The molecular formula is C23H24FN3O5S. The highest BCUT2D eigenvalue weighted by atomic mass is 32.2. The number of furan rings is 1. The van der Waals surface area contributed by atoms with Crippen molar-refractivity contribution >= 4 is 33.2 Å². The van der Waals surface area contributed by atoms with E-state index < -0.39 is 33.7 Å². The van der Waals surface area contributed by atoms with Gasteiger partial charge in [-0.1, -0.05) is 19.1 Å². The second kappa shape index (κ2) is 10.3. The number of nitrogens with one attached hydrogen (secondary N) is 2. The van der Waals surface area contributed by atoms with Crippen LogP contribution in [0.25, 0.3) is 0 Å². The molecule has 3 rings (SSSR count). The van der Waals surface area contributed by atoms with Crippen molar-refractivity contribution in [1.82, 2.24) is 5.32 Å². The molecule has 0 unspecified atom stereocenters. The van der Waals surface area contributed by atoms with E-state index in [9.17, 15) is 22.4 Å². The first-order valence-corrected chi connectivity index (χ1v) is 12.0. The number of sulfonamides is 1. The summed E-state index contributed by atoms with van der Waals surface area (Å²) in [6.07, 6.45) is 2.61. The van der Waals surface area contributed by atoms with Crippen LogP contribution in [0.5, 0.6) is 0 Å². The molecule has 3 aromatic rings. The molecule has 0 radical (unpaired) electrons. The number of carbonyl (C=O) groups is 2. The number of hydrogen-bond donors (Lipinski definition) is 2. The molecule has 33 heavy (non-hydrogen) atoms.